The Kier molecular flexibility index (Phi) is 2.43. The average Bonchev–Trinajstić information content (AvgIpc) is 2.89. The van der Waals surface area contributed by atoms with Crippen LogP contribution in [0.4, 0.5) is 4.39 Å². The van der Waals surface area contributed by atoms with Crippen molar-refractivity contribution < 1.29 is 4.39 Å². The predicted octanol–water partition coefficient (Wildman–Crippen LogP) is 2.66. The molecule has 1 aromatic heterocycles. The van der Waals surface area contributed by atoms with Crippen molar-refractivity contribution in [2.75, 3.05) is 0 Å². The molecule has 2 N–H and O–H groups in total. The Morgan fingerprint density at radius 2 is 2.19 bits per heavy atom. The Balaban J connectivity index is 1.80. The molecule has 3 heteroatoms. The molecule has 2 fully saturated rings. The normalized spacial score (nSPS) is 34.2. The first-order chi connectivity index (χ1) is 7.74. The third-order valence-corrected chi connectivity index (χ3v) is 4.36. The molecule has 0 radical (unpaired) electrons. The van der Waals surface area contributed by atoms with E-state index in [9.17, 15) is 4.39 Å². The fourth-order valence-electron chi connectivity index (χ4n) is 3.59. The van der Waals surface area contributed by atoms with Crippen molar-refractivity contribution in [1.82, 2.24) is 4.98 Å². The smallest absolute Gasteiger partial charge is 0.141 e. The van der Waals surface area contributed by atoms with Gasteiger partial charge in [0.15, 0.2) is 0 Å². The second-order valence-electron chi connectivity index (χ2n) is 5.30. The molecule has 1 heterocycles. The Morgan fingerprint density at radius 1 is 1.31 bits per heavy atom. The highest BCUT2D eigenvalue weighted by Crippen LogP contribution is 2.51. The molecule has 4 atom stereocenters. The van der Waals surface area contributed by atoms with E-state index in [1.807, 2.05) is 0 Å². The lowest BCUT2D eigenvalue weighted by Gasteiger charge is -2.27. The highest BCUT2D eigenvalue weighted by Gasteiger charge is 2.42. The van der Waals surface area contributed by atoms with Crippen molar-refractivity contribution in [2.45, 2.75) is 31.7 Å². The predicted molar refractivity (Wildman–Crippen MR) is 60.1 cm³/mol. The number of nitrogens with two attached hydrogens (primary N) is 1. The molecule has 4 unspecified atom stereocenters. The van der Waals surface area contributed by atoms with Gasteiger partial charge in [0, 0.05) is 12.2 Å². The van der Waals surface area contributed by atoms with E-state index in [-0.39, 0.29) is 11.9 Å². The van der Waals surface area contributed by atoms with E-state index in [0.29, 0.717) is 5.92 Å². The quantitative estimate of drug-likeness (QED) is 0.832. The van der Waals surface area contributed by atoms with Gasteiger partial charge in [-0.25, -0.2) is 4.39 Å². The molecule has 2 aliphatic rings. The summed E-state index contributed by atoms with van der Waals surface area (Å²) in [7, 11) is 0. The Bertz CT molecular complexity index is 393. The molecule has 1 aromatic rings. The van der Waals surface area contributed by atoms with Gasteiger partial charge in [0.1, 0.15) is 5.82 Å². The lowest BCUT2D eigenvalue weighted by atomic mass is 9.81. The summed E-state index contributed by atoms with van der Waals surface area (Å²) in [5.74, 6) is 1.91. The van der Waals surface area contributed by atoms with Gasteiger partial charge in [-0.2, -0.15) is 0 Å². The van der Waals surface area contributed by atoms with Crippen molar-refractivity contribution in [2.24, 2.45) is 23.5 Å². The zero-order valence-electron chi connectivity index (χ0n) is 9.27. The number of hydrogen-bond donors (Lipinski definition) is 1. The summed E-state index contributed by atoms with van der Waals surface area (Å²) in [6.45, 7) is 0. The van der Waals surface area contributed by atoms with Crippen LogP contribution in [0.2, 0.25) is 0 Å². The molecule has 2 saturated carbocycles. The highest BCUT2D eigenvalue weighted by atomic mass is 19.1. The molecular formula is C13H17FN2. The third kappa shape index (κ3) is 1.63. The van der Waals surface area contributed by atoms with Gasteiger partial charge in [0.2, 0.25) is 0 Å². The second-order valence-corrected chi connectivity index (χ2v) is 5.30. The van der Waals surface area contributed by atoms with Gasteiger partial charge >= 0.3 is 0 Å². The molecule has 0 saturated heterocycles. The molecule has 0 spiro atoms. The molecule has 0 amide bonds. The standard InChI is InChI=1S/C13H17FN2/c14-11-5-10(6-16-7-11)13(15)12-4-8-1-2-9(12)3-8/h5-9,12-13H,1-4,15H2. The first-order valence-corrected chi connectivity index (χ1v) is 6.10. The molecule has 2 nitrogen and oxygen atoms in total. The van der Waals surface area contributed by atoms with Crippen LogP contribution in [0.1, 0.15) is 37.3 Å². The SMILES string of the molecule is NC(c1cncc(F)c1)C1CC2CCC1C2. The maximum Gasteiger partial charge on any atom is 0.141 e. The summed E-state index contributed by atoms with van der Waals surface area (Å²) in [6, 6.07) is 1.50. The van der Waals surface area contributed by atoms with E-state index in [2.05, 4.69) is 4.98 Å². The molecule has 0 aliphatic heterocycles. The largest absolute Gasteiger partial charge is 0.324 e. The van der Waals surface area contributed by atoms with Gasteiger partial charge in [-0.05, 0) is 48.6 Å². The van der Waals surface area contributed by atoms with E-state index >= 15 is 0 Å². The van der Waals surface area contributed by atoms with Gasteiger partial charge in [-0.15, -0.1) is 0 Å². The number of rotatable bonds is 2. The Labute approximate surface area is 95.1 Å². The van der Waals surface area contributed by atoms with Gasteiger partial charge in [-0.3, -0.25) is 4.98 Å². The molecular weight excluding hydrogens is 203 g/mol. The number of hydrogen-bond acceptors (Lipinski definition) is 2. The minimum absolute atomic E-state index is 0.0292. The zero-order valence-corrected chi connectivity index (χ0v) is 9.27. The number of fused-ring (bicyclic) bond motifs is 2. The highest BCUT2D eigenvalue weighted by molar-refractivity contribution is 5.17. The van der Waals surface area contributed by atoms with Gasteiger partial charge < -0.3 is 5.73 Å². The van der Waals surface area contributed by atoms with Crippen molar-refractivity contribution >= 4 is 0 Å². The monoisotopic (exact) mass is 220 g/mol. The summed E-state index contributed by atoms with van der Waals surface area (Å²) in [5, 5.41) is 0. The molecule has 3 rings (SSSR count). The minimum atomic E-state index is -0.281. The van der Waals surface area contributed by atoms with Crippen LogP contribution in [0.5, 0.6) is 0 Å². The van der Waals surface area contributed by atoms with Gasteiger partial charge in [-0.1, -0.05) is 6.42 Å². The van der Waals surface area contributed by atoms with Crippen LogP contribution in [0, 0.1) is 23.6 Å². The molecule has 86 valence electrons. The van der Waals surface area contributed by atoms with E-state index < -0.39 is 0 Å². The zero-order chi connectivity index (χ0) is 11.1. The second kappa shape index (κ2) is 3.81. The summed E-state index contributed by atoms with van der Waals surface area (Å²) < 4.78 is 13.1. The Hall–Kier alpha value is -0.960. The topological polar surface area (TPSA) is 38.9 Å². The molecule has 2 aliphatic carbocycles. The Morgan fingerprint density at radius 3 is 2.81 bits per heavy atom. The van der Waals surface area contributed by atoms with E-state index in [0.717, 1.165) is 17.4 Å². The van der Waals surface area contributed by atoms with Crippen LogP contribution in [-0.4, -0.2) is 4.98 Å². The van der Waals surface area contributed by atoms with Crippen LogP contribution in [0.25, 0.3) is 0 Å². The molecule has 0 aromatic carbocycles. The summed E-state index contributed by atoms with van der Waals surface area (Å²) in [5.41, 5.74) is 7.11. The van der Waals surface area contributed by atoms with Gasteiger partial charge in [0.25, 0.3) is 0 Å². The number of halogens is 1. The van der Waals surface area contributed by atoms with Crippen LogP contribution in [-0.2, 0) is 0 Å². The van der Waals surface area contributed by atoms with E-state index in [1.165, 1.54) is 37.9 Å². The summed E-state index contributed by atoms with van der Waals surface area (Å²) >= 11 is 0. The fourth-order valence-corrected chi connectivity index (χ4v) is 3.59. The first-order valence-electron chi connectivity index (χ1n) is 6.10. The van der Waals surface area contributed by atoms with Crippen molar-refractivity contribution in [1.29, 1.82) is 0 Å². The maximum atomic E-state index is 13.1. The summed E-state index contributed by atoms with van der Waals surface area (Å²) in [4.78, 5) is 3.88. The maximum absolute atomic E-state index is 13.1. The van der Waals surface area contributed by atoms with Crippen LogP contribution in [0.3, 0.4) is 0 Å². The minimum Gasteiger partial charge on any atom is -0.324 e. The van der Waals surface area contributed by atoms with Crippen LogP contribution < -0.4 is 5.73 Å². The van der Waals surface area contributed by atoms with Crippen LogP contribution >= 0.6 is 0 Å². The van der Waals surface area contributed by atoms with Crippen molar-refractivity contribution in [3.8, 4) is 0 Å². The van der Waals surface area contributed by atoms with Crippen molar-refractivity contribution in [3.05, 3.63) is 29.8 Å². The number of nitrogens with zero attached hydrogens (tertiary/aromatic N) is 1. The lowest BCUT2D eigenvalue weighted by Crippen LogP contribution is -2.26. The average molecular weight is 220 g/mol. The third-order valence-electron chi connectivity index (χ3n) is 4.36. The van der Waals surface area contributed by atoms with Gasteiger partial charge in [0.05, 0.1) is 6.20 Å². The van der Waals surface area contributed by atoms with E-state index in [1.54, 1.807) is 6.20 Å². The lowest BCUT2D eigenvalue weighted by molar-refractivity contribution is 0.284. The first kappa shape index (κ1) is 10.2. The van der Waals surface area contributed by atoms with Crippen LogP contribution in [0.15, 0.2) is 18.5 Å². The molecule has 2 bridgehead atoms. The van der Waals surface area contributed by atoms with Crippen molar-refractivity contribution in [3.63, 3.8) is 0 Å². The fraction of sp³-hybridized carbons (Fsp3) is 0.615. The van der Waals surface area contributed by atoms with E-state index in [4.69, 9.17) is 5.73 Å². The summed E-state index contributed by atoms with van der Waals surface area (Å²) in [6.07, 6.45) is 8.18. The number of pyridine rings is 1. The molecule has 16 heavy (non-hydrogen) atoms. The number of aromatic nitrogens is 1.